The molecule has 0 radical (unpaired) electrons. The molecule has 2 aromatic carbocycles. The van der Waals surface area contributed by atoms with Crippen LogP contribution in [0.25, 0.3) is 11.0 Å². The SMILES string of the molecule is COc1cc(C(=O)NNC(=O)c2oc3ccccc3c2C)ccc1OC(F)F. The van der Waals surface area contributed by atoms with E-state index < -0.39 is 18.4 Å². The van der Waals surface area contributed by atoms with E-state index in [1.165, 1.54) is 25.3 Å². The lowest BCUT2D eigenvalue weighted by Gasteiger charge is -2.11. The van der Waals surface area contributed by atoms with Crippen LogP contribution in [0.1, 0.15) is 26.5 Å². The van der Waals surface area contributed by atoms with Gasteiger partial charge in [0.05, 0.1) is 7.11 Å². The van der Waals surface area contributed by atoms with Gasteiger partial charge in [0.2, 0.25) is 0 Å². The normalized spacial score (nSPS) is 10.8. The third kappa shape index (κ3) is 3.88. The average Bonchev–Trinajstić information content (AvgIpc) is 3.02. The van der Waals surface area contributed by atoms with Crippen LogP contribution in [0.4, 0.5) is 8.78 Å². The van der Waals surface area contributed by atoms with E-state index in [0.717, 1.165) is 5.39 Å². The summed E-state index contributed by atoms with van der Waals surface area (Å²) in [5.41, 5.74) is 5.75. The van der Waals surface area contributed by atoms with Crippen molar-refractivity contribution in [3.63, 3.8) is 0 Å². The maximum atomic E-state index is 12.4. The minimum Gasteiger partial charge on any atom is -0.493 e. The van der Waals surface area contributed by atoms with Crippen LogP contribution in [0.2, 0.25) is 0 Å². The number of hydrazine groups is 1. The first-order valence-corrected chi connectivity index (χ1v) is 8.12. The van der Waals surface area contributed by atoms with Crippen molar-refractivity contribution < 1.29 is 32.3 Å². The maximum absolute atomic E-state index is 12.4. The van der Waals surface area contributed by atoms with Gasteiger partial charge in [0, 0.05) is 16.5 Å². The van der Waals surface area contributed by atoms with Crippen molar-refractivity contribution >= 4 is 22.8 Å². The molecule has 1 heterocycles. The van der Waals surface area contributed by atoms with E-state index in [0.29, 0.717) is 11.1 Å². The number of para-hydroxylation sites is 1. The fraction of sp³-hybridized carbons (Fsp3) is 0.158. The molecule has 146 valence electrons. The van der Waals surface area contributed by atoms with Crippen LogP contribution in [0, 0.1) is 6.92 Å². The smallest absolute Gasteiger partial charge is 0.387 e. The highest BCUT2D eigenvalue weighted by molar-refractivity contribution is 6.01. The van der Waals surface area contributed by atoms with Crippen molar-refractivity contribution in [2.45, 2.75) is 13.5 Å². The maximum Gasteiger partial charge on any atom is 0.387 e. The van der Waals surface area contributed by atoms with Crippen LogP contribution in [-0.4, -0.2) is 25.5 Å². The third-order valence-corrected chi connectivity index (χ3v) is 3.98. The van der Waals surface area contributed by atoms with Crippen molar-refractivity contribution in [1.29, 1.82) is 0 Å². The van der Waals surface area contributed by atoms with Gasteiger partial charge in [-0.1, -0.05) is 18.2 Å². The van der Waals surface area contributed by atoms with Crippen LogP contribution in [0.3, 0.4) is 0 Å². The summed E-state index contributed by atoms with van der Waals surface area (Å²) in [6, 6.07) is 10.8. The minimum atomic E-state index is -3.03. The summed E-state index contributed by atoms with van der Waals surface area (Å²) in [5, 5.41) is 0.790. The van der Waals surface area contributed by atoms with E-state index in [2.05, 4.69) is 15.6 Å². The van der Waals surface area contributed by atoms with E-state index in [4.69, 9.17) is 9.15 Å². The van der Waals surface area contributed by atoms with Crippen LogP contribution in [-0.2, 0) is 0 Å². The molecule has 0 saturated heterocycles. The molecule has 0 atom stereocenters. The van der Waals surface area contributed by atoms with Crippen molar-refractivity contribution in [3.05, 3.63) is 59.4 Å². The summed E-state index contributed by atoms with van der Waals surface area (Å²) in [6.45, 7) is -1.30. The first-order chi connectivity index (χ1) is 13.4. The number of hydrogen-bond acceptors (Lipinski definition) is 5. The van der Waals surface area contributed by atoms with E-state index in [1.807, 2.05) is 12.1 Å². The zero-order valence-corrected chi connectivity index (χ0v) is 14.9. The van der Waals surface area contributed by atoms with Gasteiger partial charge in [0.15, 0.2) is 17.3 Å². The summed E-state index contributed by atoms with van der Waals surface area (Å²) in [4.78, 5) is 24.6. The Kier molecular flexibility index (Phi) is 5.44. The van der Waals surface area contributed by atoms with Gasteiger partial charge in [-0.2, -0.15) is 8.78 Å². The van der Waals surface area contributed by atoms with Gasteiger partial charge >= 0.3 is 12.5 Å². The number of amides is 2. The highest BCUT2D eigenvalue weighted by Gasteiger charge is 2.19. The molecule has 0 spiro atoms. The standard InChI is InChI=1S/C19H16F2N2O5/c1-10-12-5-3-4-6-13(12)27-16(10)18(25)23-22-17(24)11-7-8-14(28-19(20)21)15(9-11)26-2/h3-9,19H,1-2H3,(H,22,24)(H,23,25). The van der Waals surface area contributed by atoms with Crippen LogP contribution >= 0.6 is 0 Å². The molecule has 2 N–H and O–H groups in total. The molecule has 0 unspecified atom stereocenters. The number of methoxy groups -OCH3 is 1. The number of hydrogen-bond donors (Lipinski definition) is 2. The summed E-state index contributed by atoms with van der Waals surface area (Å²) in [7, 11) is 1.25. The number of aryl methyl sites for hydroxylation is 1. The average molecular weight is 390 g/mol. The molecule has 0 aliphatic heterocycles. The number of carbonyl (C=O) groups excluding carboxylic acids is 2. The van der Waals surface area contributed by atoms with Crippen molar-refractivity contribution in [1.82, 2.24) is 10.9 Å². The number of nitrogens with one attached hydrogen (secondary N) is 2. The number of ether oxygens (including phenoxy) is 2. The summed E-state index contributed by atoms with van der Waals surface area (Å²) >= 11 is 0. The molecule has 0 aliphatic carbocycles. The molecular weight excluding hydrogens is 374 g/mol. The van der Waals surface area contributed by atoms with Gasteiger partial charge in [0.25, 0.3) is 5.91 Å². The number of carbonyl (C=O) groups is 2. The molecule has 0 saturated carbocycles. The first-order valence-electron chi connectivity index (χ1n) is 8.12. The topological polar surface area (TPSA) is 89.8 Å². The first kappa shape index (κ1) is 19.2. The van der Waals surface area contributed by atoms with Crippen molar-refractivity contribution in [2.24, 2.45) is 0 Å². The predicted octanol–water partition coefficient (Wildman–Crippen LogP) is 3.43. The van der Waals surface area contributed by atoms with Gasteiger partial charge in [-0.15, -0.1) is 0 Å². The lowest BCUT2D eigenvalue weighted by atomic mass is 10.1. The predicted molar refractivity (Wildman–Crippen MR) is 95.5 cm³/mol. The van der Waals surface area contributed by atoms with Gasteiger partial charge in [0.1, 0.15) is 5.58 Å². The summed E-state index contributed by atoms with van der Waals surface area (Å²) in [6.07, 6.45) is 0. The molecule has 3 aromatic rings. The van der Waals surface area contributed by atoms with Gasteiger partial charge < -0.3 is 13.9 Å². The Balaban J connectivity index is 1.71. The van der Waals surface area contributed by atoms with Crippen LogP contribution in [0.15, 0.2) is 46.9 Å². The highest BCUT2D eigenvalue weighted by atomic mass is 19.3. The lowest BCUT2D eigenvalue weighted by Crippen LogP contribution is -2.41. The number of rotatable bonds is 5. The summed E-state index contributed by atoms with van der Waals surface area (Å²) < 4.78 is 39.5. The zero-order chi connectivity index (χ0) is 20.3. The molecule has 0 aliphatic rings. The Morgan fingerprint density at radius 1 is 1.04 bits per heavy atom. The van der Waals surface area contributed by atoms with Crippen LogP contribution < -0.4 is 20.3 Å². The molecule has 3 rings (SSSR count). The molecular formula is C19H16F2N2O5. The van der Waals surface area contributed by atoms with Crippen molar-refractivity contribution in [2.75, 3.05) is 7.11 Å². The quantitative estimate of drug-likeness (QED) is 0.652. The fourth-order valence-corrected chi connectivity index (χ4v) is 2.64. The van der Waals surface area contributed by atoms with Crippen molar-refractivity contribution in [3.8, 4) is 11.5 Å². The second kappa shape index (κ2) is 7.95. The monoisotopic (exact) mass is 390 g/mol. The Bertz CT molecular complexity index is 1030. The molecule has 2 amide bonds. The van der Waals surface area contributed by atoms with E-state index in [-0.39, 0.29) is 22.8 Å². The van der Waals surface area contributed by atoms with Gasteiger partial charge in [-0.3, -0.25) is 20.4 Å². The second-order valence-electron chi connectivity index (χ2n) is 5.70. The Morgan fingerprint density at radius 3 is 2.43 bits per heavy atom. The third-order valence-electron chi connectivity index (χ3n) is 3.98. The second-order valence-corrected chi connectivity index (χ2v) is 5.70. The Hall–Kier alpha value is -3.62. The number of fused-ring (bicyclic) bond motifs is 1. The van der Waals surface area contributed by atoms with Crippen LogP contribution in [0.5, 0.6) is 11.5 Å². The van der Waals surface area contributed by atoms with E-state index >= 15 is 0 Å². The van der Waals surface area contributed by atoms with E-state index in [9.17, 15) is 18.4 Å². The Morgan fingerprint density at radius 2 is 1.75 bits per heavy atom. The molecule has 28 heavy (non-hydrogen) atoms. The molecule has 7 nitrogen and oxygen atoms in total. The fourth-order valence-electron chi connectivity index (χ4n) is 2.64. The largest absolute Gasteiger partial charge is 0.493 e. The number of alkyl halides is 2. The molecule has 9 heteroatoms. The molecule has 1 aromatic heterocycles. The van der Waals surface area contributed by atoms with Gasteiger partial charge in [-0.05, 0) is 31.2 Å². The number of halogens is 2. The number of benzene rings is 2. The lowest BCUT2D eigenvalue weighted by molar-refractivity contribution is -0.0512. The number of furan rings is 1. The van der Waals surface area contributed by atoms with E-state index in [1.54, 1.807) is 19.1 Å². The Labute approximate surface area is 158 Å². The molecule has 0 bridgehead atoms. The van der Waals surface area contributed by atoms with Gasteiger partial charge in [-0.25, -0.2) is 0 Å². The minimum absolute atomic E-state index is 0.0487. The molecule has 0 fully saturated rings. The zero-order valence-electron chi connectivity index (χ0n) is 14.9. The highest BCUT2D eigenvalue weighted by Crippen LogP contribution is 2.29. The summed E-state index contributed by atoms with van der Waals surface area (Å²) in [5.74, 6) is -1.50.